The number of quaternary nitrogens is 1. The molecule has 6 heteroatoms. The van der Waals surface area contributed by atoms with Crippen LogP contribution in [0.3, 0.4) is 0 Å². The van der Waals surface area contributed by atoms with Crippen LogP contribution in [-0.4, -0.2) is 43.9 Å². The minimum Gasteiger partial charge on any atom is -0.427 e. The summed E-state index contributed by atoms with van der Waals surface area (Å²) >= 11 is -4.01. The highest BCUT2D eigenvalue weighted by Crippen LogP contribution is 1.84. The van der Waals surface area contributed by atoms with Crippen molar-refractivity contribution >= 4 is 0 Å². The van der Waals surface area contributed by atoms with Gasteiger partial charge >= 0.3 is 0 Å². The molecule has 0 heterocycles. The van der Waals surface area contributed by atoms with Crippen molar-refractivity contribution in [3.8, 4) is 0 Å². The Kier molecular flexibility index (Phi) is 9.21. The highest BCUT2D eigenvalue weighted by molar-refractivity contribution is 4.19. The van der Waals surface area contributed by atoms with E-state index >= 15 is 0 Å². The van der Waals surface area contributed by atoms with Gasteiger partial charge in [-0.2, -0.15) is 0 Å². The minimum absolute atomic E-state index is 0.281. The molecule has 0 rings (SSSR count). The molecule has 0 unspecified atom stereocenters. The lowest BCUT2D eigenvalue weighted by molar-refractivity contribution is -1.73. The molecule has 0 amide bonds. The van der Waals surface area contributed by atoms with Gasteiger partial charge in [0.05, 0.1) is 27.7 Å². The smallest absolute Gasteiger partial charge is 0.282 e. The van der Waals surface area contributed by atoms with E-state index in [1.807, 2.05) is 0 Å². The molecule has 0 fully saturated rings. The first-order valence-corrected chi connectivity index (χ1v) is 5.58. The lowest BCUT2D eigenvalue weighted by atomic mass is 10.5. The van der Waals surface area contributed by atoms with Gasteiger partial charge in [-0.15, -0.1) is 0 Å². The first-order valence-electron chi connectivity index (χ1n) is 2.94. The van der Waals surface area contributed by atoms with Crippen molar-refractivity contribution in [3.05, 3.63) is 0 Å². The van der Waals surface area contributed by atoms with Crippen molar-refractivity contribution in [3.63, 3.8) is 0 Å². The topological polar surface area (TPSA) is 89.4 Å². The van der Waals surface area contributed by atoms with Crippen molar-refractivity contribution in [1.82, 2.24) is 0 Å². The third-order valence-electron chi connectivity index (χ3n) is 0.771. The molecule has 0 aliphatic heterocycles. The number of halogens is 1. The van der Waals surface area contributed by atoms with Gasteiger partial charge in [-0.05, 0) is 0 Å². The summed E-state index contributed by atoms with van der Waals surface area (Å²) in [5.74, 6) is 0. The van der Waals surface area contributed by atoms with Crippen LogP contribution in [0.2, 0.25) is 0 Å². The maximum absolute atomic E-state index is 8.57. The van der Waals surface area contributed by atoms with Crippen molar-refractivity contribution in [2.24, 2.45) is 0 Å². The Labute approximate surface area is 75.5 Å². The van der Waals surface area contributed by atoms with E-state index in [4.69, 9.17) is 15.4 Å². The van der Waals surface area contributed by atoms with E-state index in [1.165, 1.54) is 0 Å². The maximum Gasteiger partial charge on any atom is 0.282 e. The third kappa shape index (κ3) is 37.3. The maximum atomic E-state index is 8.57. The molecule has 5 nitrogen and oxygen atoms in total. The van der Waals surface area contributed by atoms with Crippen molar-refractivity contribution in [2.45, 2.75) is 0 Å². The first-order chi connectivity index (χ1) is 4.79. The molecule has 0 saturated carbocycles. The predicted octanol–water partition coefficient (Wildman–Crippen LogP) is -6.88. The summed E-state index contributed by atoms with van der Waals surface area (Å²) in [5.41, 5.74) is 0. The fraction of sp³-hybridized carbons (Fsp3) is 1.00. The van der Waals surface area contributed by atoms with Crippen LogP contribution in [0.1, 0.15) is 0 Å². The van der Waals surface area contributed by atoms with Crippen molar-refractivity contribution < 1.29 is 41.0 Å². The molecular formula is C5H14INO4. The number of aliphatic hydroxyl groups is 1. The number of hydrogen-bond donors (Lipinski definition) is 1. The molecule has 0 aliphatic carbocycles. The Morgan fingerprint density at radius 3 is 1.45 bits per heavy atom. The standard InChI is InChI=1S/C5H14NO.IO3/c1-6(2,3)4-5-7;2-1(3)4/h7H,4-5H2,1-3H3;/q+1;-1. The van der Waals surface area contributed by atoms with Crippen molar-refractivity contribution in [1.29, 1.82) is 0 Å². The van der Waals surface area contributed by atoms with E-state index < -0.39 is 21.1 Å². The van der Waals surface area contributed by atoms with Crippen molar-refractivity contribution in [2.75, 3.05) is 34.3 Å². The second-order valence-electron chi connectivity index (χ2n) is 2.93. The minimum atomic E-state index is -4.01. The molecule has 0 spiro atoms. The molecule has 11 heavy (non-hydrogen) atoms. The van der Waals surface area contributed by atoms with Gasteiger partial charge in [-0.25, -0.2) is 0 Å². The summed E-state index contributed by atoms with van der Waals surface area (Å²) < 4.78 is 26.6. The molecule has 0 aromatic heterocycles. The summed E-state index contributed by atoms with van der Waals surface area (Å²) in [5, 5.41) is 8.39. The van der Waals surface area contributed by atoms with E-state index in [-0.39, 0.29) is 6.61 Å². The fourth-order valence-electron chi connectivity index (χ4n) is 0.300. The van der Waals surface area contributed by atoms with Crippen LogP contribution < -0.4 is 31.4 Å². The number of nitrogens with zero attached hydrogens (tertiary/aromatic N) is 1. The molecule has 0 saturated heterocycles. The van der Waals surface area contributed by atoms with Gasteiger partial charge in [0.1, 0.15) is 6.54 Å². The summed E-state index contributed by atoms with van der Waals surface area (Å²) in [7, 11) is 6.16. The van der Waals surface area contributed by atoms with E-state index in [2.05, 4.69) is 21.1 Å². The number of aliphatic hydroxyl groups excluding tert-OH is 1. The fourth-order valence-corrected chi connectivity index (χ4v) is 0.300. The second kappa shape index (κ2) is 7.19. The van der Waals surface area contributed by atoms with Crippen LogP contribution in [0.25, 0.3) is 0 Å². The molecule has 0 radical (unpaired) electrons. The SMILES string of the molecule is C[N+](C)(C)CCO.[O-][I+2]([O-])[O-]. The van der Waals surface area contributed by atoms with Gasteiger partial charge in [-0.1, -0.05) is 0 Å². The lowest BCUT2D eigenvalue weighted by Crippen LogP contribution is -4.05. The third-order valence-corrected chi connectivity index (χ3v) is 0.771. The summed E-state index contributed by atoms with van der Waals surface area (Å²) in [6, 6.07) is 0. The second-order valence-corrected chi connectivity index (χ2v) is 4.01. The van der Waals surface area contributed by atoms with Gasteiger partial charge < -0.3 is 19.9 Å². The van der Waals surface area contributed by atoms with Crippen LogP contribution in [-0.2, 0) is 0 Å². The summed E-state index contributed by atoms with van der Waals surface area (Å²) in [4.78, 5) is 0. The molecule has 0 atom stereocenters. The monoisotopic (exact) mass is 279 g/mol. The van der Waals surface area contributed by atoms with Crippen LogP contribution in [0.5, 0.6) is 0 Å². The zero-order valence-electron chi connectivity index (χ0n) is 6.91. The molecule has 70 valence electrons. The summed E-state index contributed by atoms with van der Waals surface area (Å²) in [6.45, 7) is 1.11. The van der Waals surface area contributed by atoms with Gasteiger partial charge in [0.25, 0.3) is 21.1 Å². The molecule has 0 aromatic carbocycles. The number of rotatable bonds is 2. The highest BCUT2D eigenvalue weighted by atomic mass is 127. The quantitative estimate of drug-likeness (QED) is 0.402. The molecule has 1 N–H and O–H groups in total. The first kappa shape index (κ1) is 14.1. The van der Waals surface area contributed by atoms with Gasteiger partial charge in [0.15, 0.2) is 0 Å². The van der Waals surface area contributed by atoms with E-state index in [0.717, 1.165) is 11.0 Å². The van der Waals surface area contributed by atoms with Crippen LogP contribution in [0.15, 0.2) is 0 Å². The Bertz CT molecular complexity index is 80.3. The van der Waals surface area contributed by atoms with Gasteiger partial charge in [-0.3, -0.25) is 0 Å². The van der Waals surface area contributed by atoms with Gasteiger partial charge in [0.2, 0.25) is 0 Å². The average molecular weight is 279 g/mol. The molecular weight excluding hydrogens is 265 g/mol. The van der Waals surface area contributed by atoms with E-state index in [1.54, 1.807) is 0 Å². The van der Waals surface area contributed by atoms with Crippen LogP contribution in [0, 0.1) is 0 Å². The Balaban J connectivity index is 0. The Hall–Kier alpha value is 0.530. The lowest BCUT2D eigenvalue weighted by Gasteiger charge is -2.21. The van der Waals surface area contributed by atoms with E-state index in [0.29, 0.717) is 0 Å². The molecule has 0 bridgehead atoms. The number of hydrogen-bond acceptors (Lipinski definition) is 4. The molecule has 0 aliphatic rings. The van der Waals surface area contributed by atoms with Gasteiger partial charge in [0, 0.05) is 0 Å². The largest absolute Gasteiger partial charge is 0.427 e. The van der Waals surface area contributed by atoms with Crippen LogP contribution >= 0.6 is 0 Å². The summed E-state index contributed by atoms with van der Waals surface area (Å²) in [6.07, 6.45) is 0. The highest BCUT2D eigenvalue weighted by Gasteiger charge is 2.02. The van der Waals surface area contributed by atoms with E-state index in [9.17, 15) is 0 Å². The zero-order chi connectivity index (χ0) is 9.49. The average Bonchev–Trinajstić information content (AvgIpc) is 1.58. The normalized spacial score (nSPS) is 10.9. The molecule has 0 aromatic rings. The van der Waals surface area contributed by atoms with Crippen LogP contribution in [0.4, 0.5) is 0 Å². The Morgan fingerprint density at radius 1 is 1.18 bits per heavy atom. The Morgan fingerprint density at radius 2 is 1.45 bits per heavy atom. The predicted molar refractivity (Wildman–Crippen MR) is 30.0 cm³/mol. The zero-order valence-corrected chi connectivity index (χ0v) is 9.07. The number of likely N-dealkylation sites (N-methyl/N-ethyl adjacent to an activating group) is 1.